The third kappa shape index (κ3) is 3.58. The summed E-state index contributed by atoms with van der Waals surface area (Å²) in [6.07, 6.45) is -3.75. The summed E-state index contributed by atoms with van der Waals surface area (Å²) in [4.78, 5) is 4.04. The van der Waals surface area contributed by atoms with Gasteiger partial charge < -0.3 is 5.11 Å². The van der Waals surface area contributed by atoms with E-state index in [4.69, 9.17) is 0 Å². The van der Waals surface area contributed by atoms with Gasteiger partial charge in [-0.2, -0.15) is 13.2 Å². The van der Waals surface area contributed by atoms with E-state index in [0.29, 0.717) is 5.69 Å². The molecule has 0 saturated heterocycles. The summed E-state index contributed by atoms with van der Waals surface area (Å²) in [6.45, 7) is 0. The Morgan fingerprint density at radius 2 is 1.95 bits per heavy atom. The summed E-state index contributed by atoms with van der Waals surface area (Å²) >= 11 is 2.87. The van der Waals surface area contributed by atoms with Crippen molar-refractivity contribution in [1.29, 1.82) is 0 Å². The molecule has 1 unspecified atom stereocenters. The number of benzene rings is 1. The zero-order chi connectivity index (χ0) is 14.8. The Hall–Kier alpha value is -1.40. The fraction of sp³-hybridized carbons (Fsp3) is 0.214. The molecule has 0 saturated carbocycles. The van der Waals surface area contributed by atoms with Crippen LogP contribution < -0.4 is 0 Å². The van der Waals surface area contributed by atoms with Crippen molar-refractivity contribution in [3.63, 3.8) is 0 Å². The molecule has 1 aromatic carbocycles. The van der Waals surface area contributed by atoms with Crippen LogP contribution in [0.4, 0.5) is 13.2 Å². The molecule has 0 aliphatic rings. The molecule has 0 fully saturated rings. The molecule has 0 bridgehead atoms. The van der Waals surface area contributed by atoms with Crippen molar-refractivity contribution in [3.05, 3.63) is 63.9 Å². The lowest BCUT2D eigenvalue weighted by Gasteiger charge is -2.15. The van der Waals surface area contributed by atoms with Crippen LogP contribution in [0.15, 0.2) is 47.1 Å². The number of nitrogens with zero attached hydrogens (tertiary/aromatic N) is 1. The maximum absolute atomic E-state index is 12.8. The van der Waals surface area contributed by atoms with Gasteiger partial charge in [0.1, 0.15) is 0 Å². The topological polar surface area (TPSA) is 33.1 Å². The molecule has 2 nitrogen and oxygen atoms in total. The van der Waals surface area contributed by atoms with Gasteiger partial charge in [-0.3, -0.25) is 4.98 Å². The van der Waals surface area contributed by atoms with Crippen LogP contribution in [0, 0.1) is 0 Å². The van der Waals surface area contributed by atoms with Gasteiger partial charge in [-0.15, -0.1) is 0 Å². The molecule has 0 aliphatic heterocycles. The van der Waals surface area contributed by atoms with E-state index < -0.39 is 17.8 Å². The summed E-state index contributed by atoms with van der Waals surface area (Å²) in [5, 5.41) is 10.0. The summed E-state index contributed by atoms with van der Waals surface area (Å²) < 4.78 is 38.3. The van der Waals surface area contributed by atoms with Crippen molar-refractivity contribution in [2.45, 2.75) is 18.7 Å². The van der Waals surface area contributed by atoms with Gasteiger partial charge in [-0.05, 0) is 29.8 Å². The molecule has 1 heterocycles. The van der Waals surface area contributed by atoms with Gasteiger partial charge in [-0.1, -0.05) is 28.1 Å². The van der Waals surface area contributed by atoms with Crippen LogP contribution in [0.5, 0.6) is 0 Å². The predicted molar refractivity (Wildman–Crippen MR) is 72.0 cm³/mol. The predicted octanol–water partition coefficient (Wildman–Crippen LogP) is 4.14. The number of rotatable bonds is 3. The van der Waals surface area contributed by atoms with E-state index >= 15 is 0 Å². The highest BCUT2D eigenvalue weighted by Crippen LogP contribution is 2.36. The molecule has 1 atom stereocenters. The molecule has 1 N–H and O–H groups in total. The van der Waals surface area contributed by atoms with Gasteiger partial charge in [0, 0.05) is 22.8 Å². The number of hydrogen-bond donors (Lipinski definition) is 1. The van der Waals surface area contributed by atoms with Gasteiger partial charge >= 0.3 is 6.18 Å². The zero-order valence-electron chi connectivity index (χ0n) is 10.2. The molecular weight excluding hydrogens is 335 g/mol. The molecule has 2 rings (SSSR count). The standard InChI is InChI=1S/C14H11BrF3NO/c15-12-5-4-9(7-11(12)14(16,17)18)13(20)8-10-3-1-2-6-19-10/h1-7,13,20H,8H2. The third-order valence-corrected chi connectivity index (χ3v) is 3.50. The largest absolute Gasteiger partial charge is 0.417 e. The lowest BCUT2D eigenvalue weighted by Crippen LogP contribution is -2.09. The first-order valence-corrected chi connectivity index (χ1v) is 6.62. The molecule has 0 amide bonds. The smallest absolute Gasteiger partial charge is 0.388 e. The van der Waals surface area contributed by atoms with Gasteiger partial charge in [0.15, 0.2) is 0 Å². The lowest BCUT2D eigenvalue weighted by molar-refractivity contribution is -0.138. The Kier molecular flexibility index (Phi) is 4.45. The number of hydrogen-bond acceptors (Lipinski definition) is 2. The van der Waals surface area contributed by atoms with Gasteiger partial charge in [0.2, 0.25) is 0 Å². The van der Waals surface area contributed by atoms with Crippen molar-refractivity contribution in [1.82, 2.24) is 4.98 Å². The highest BCUT2D eigenvalue weighted by Gasteiger charge is 2.33. The van der Waals surface area contributed by atoms with Crippen molar-refractivity contribution in [2.75, 3.05) is 0 Å². The molecular formula is C14H11BrF3NO. The van der Waals surface area contributed by atoms with E-state index in [9.17, 15) is 18.3 Å². The summed E-state index contributed by atoms with van der Waals surface area (Å²) in [5.74, 6) is 0. The first-order valence-electron chi connectivity index (χ1n) is 5.82. The number of aromatic nitrogens is 1. The Morgan fingerprint density at radius 1 is 1.20 bits per heavy atom. The number of pyridine rings is 1. The normalized spacial score (nSPS) is 13.2. The van der Waals surface area contributed by atoms with E-state index in [-0.39, 0.29) is 16.5 Å². The van der Waals surface area contributed by atoms with Gasteiger partial charge in [0.05, 0.1) is 11.7 Å². The monoisotopic (exact) mass is 345 g/mol. The molecule has 106 valence electrons. The maximum Gasteiger partial charge on any atom is 0.417 e. The van der Waals surface area contributed by atoms with E-state index in [0.717, 1.165) is 6.07 Å². The van der Waals surface area contributed by atoms with Crippen molar-refractivity contribution >= 4 is 15.9 Å². The molecule has 0 aliphatic carbocycles. The highest BCUT2D eigenvalue weighted by molar-refractivity contribution is 9.10. The third-order valence-electron chi connectivity index (χ3n) is 2.81. The highest BCUT2D eigenvalue weighted by atomic mass is 79.9. The number of aliphatic hydroxyl groups is 1. The van der Waals surface area contributed by atoms with Crippen molar-refractivity contribution < 1.29 is 18.3 Å². The average Bonchev–Trinajstić information content (AvgIpc) is 2.39. The van der Waals surface area contributed by atoms with E-state index in [1.807, 2.05) is 0 Å². The second-order valence-corrected chi connectivity index (χ2v) is 5.13. The fourth-order valence-electron chi connectivity index (χ4n) is 1.80. The van der Waals surface area contributed by atoms with Crippen LogP contribution in [0.25, 0.3) is 0 Å². The van der Waals surface area contributed by atoms with E-state index in [1.165, 1.54) is 12.1 Å². The van der Waals surface area contributed by atoms with Crippen molar-refractivity contribution in [2.24, 2.45) is 0 Å². The molecule has 0 radical (unpaired) electrons. The molecule has 20 heavy (non-hydrogen) atoms. The minimum absolute atomic E-state index is 0.0428. The van der Waals surface area contributed by atoms with E-state index in [1.54, 1.807) is 24.4 Å². The van der Waals surface area contributed by atoms with Crippen LogP contribution in [-0.2, 0) is 12.6 Å². The Morgan fingerprint density at radius 3 is 2.55 bits per heavy atom. The van der Waals surface area contributed by atoms with Crippen LogP contribution in [0.1, 0.15) is 22.9 Å². The van der Waals surface area contributed by atoms with E-state index in [2.05, 4.69) is 20.9 Å². The van der Waals surface area contributed by atoms with Crippen LogP contribution in [-0.4, -0.2) is 10.1 Å². The second kappa shape index (κ2) is 5.93. The number of halogens is 4. The molecule has 6 heteroatoms. The Bertz CT molecular complexity index is 587. The first-order chi connectivity index (χ1) is 9.38. The maximum atomic E-state index is 12.8. The van der Waals surface area contributed by atoms with Crippen LogP contribution in [0.3, 0.4) is 0 Å². The number of alkyl halides is 3. The minimum atomic E-state index is -4.46. The fourth-order valence-corrected chi connectivity index (χ4v) is 2.27. The van der Waals surface area contributed by atoms with Gasteiger partial charge in [0.25, 0.3) is 0 Å². The number of aliphatic hydroxyl groups excluding tert-OH is 1. The SMILES string of the molecule is OC(Cc1ccccn1)c1ccc(Br)c(C(F)(F)F)c1. The quantitative estimate of drug-likeness (QED) is 0.906. The Labute approximate surface area is 122 Å². The zero-order valence-corrected chi connectivity index (χ0v) is 11.8. The average molecular weight is 346 g/mol. The first kappa shape index (κ1) is 15.0. The summed E-state index contributed by atoms with van der Waals surface area (Å²) in [7, 11) is 0. The molecule has 0 spiro atoms. The summed E-state index contributed by atoms with van der Waals surface area (Å²) in [6, 6.07) is 8.92. The molecule has 2 aromatic rings. The summed E-state index contributed by atoms with van der Waals surface area (Å²) in [5.41, 5.74) is 0.0396. The van der Waals surface area contributed by atoms with Gasteiger partial charge in [-0.25, -0.2) is 0 Å². The van der Waals surface area contributed by atoms with Crippen LogP contribution >= 0.6 is 15.9 Å². The van der Waals surface area contributed by atoms with Crippen LogP contribution in [0.2, 0.25) is 0 Å². The molecule has 1 aromatic heterocycles. The van der Waals surface area contributed by atoms with Crippen molar-refractivity contribution in [3.8, 4) is 0 Å². The Balaban J connectivity index is 2.25. The minimum Gasteiger partial charge on any atom is -0.388 e. The second-order valence-electron chi connectivity index (χ2n) is 4.28. The lowest BCUT2D eigenvalue weighted by atomic mass is 10.0.